The Bertz CT molecular complexity index is 236. The first kappa shape index (κ1) is 13.9. The summed E-state index contributed by atoms with van der Waals surface area (Å²) in [5.74, 6) is 0. The average molecular weight is 230 g/mol. The van der Waals surface area contributed by atoms with Gasteiger partial charge in [0.2, 0.25) is 0 Å². The third-order valence-electron chi connectivity index (χ3n) is 3.01. The minimum atomic E-state index is -0.0962. The first-order chi connectivity index (χ1) is 7.12. The number of ether oxygens (including phenoxy) is 2. The largest absolute Gasteiger partial charge is 0.349 e. The van der Waals surface area contributed by atoms with Crippen LogP contribution in [0, 0.1) is 5.41 Å². The second-order valence-corrected chi connectivity index (χ2v) is 6.73. The maximum Gasteiger partial charge on any atom is 0.169 e. The zero-order valence-corrected chi connectivity index (χ0v) is 11.9. The van der Waals surface area contributed by atoms with Crippen molar-refractivity contribution >= 4 is 0 Å². The zero-order valence-electron chi connectivity index (χ0n) is 11.9. The van der Waals surface area contributed by atoms with Gasteiger partial charge >= 0.3 is 0 Å². The van der Waals surface area contributed by atoms with Crippen LogP contribution in [0.4, 0.5) is 0 Å². The van der Waals surface area contributed by atoms with Gasteiger partial charge in [-0.1, -0.05) is 0 Å². The summed E-state index contributed by atoms with van der Waals surface area (Å²) in [7, 11) is 4.33. The van der Waals surface area contributed by atoms with E-state index in [2.05, 4.69) is 48.7 Å². The molecule has 0 unspecified atom stereocenters. The van der Waals surface area contributed by atoms with Gasteiger partial charge in [-0.3, -0.25) is 0 Å². The molecule has 1 saturated heterocycles. The van der Waals surface area contributed by atoms with E-state index in [0.717, 1.165) is 13.0 Å². The van der Waals surface area contributed by atoms with Gasteiger partial charge in [-0.2, -0.15) is 0 Å². The fourth-order valence-corrected chi connectivity index (χ4v) is 2.66. The molecule has 1 aliphatic rings. The van der Waals surface area contributed by atoms with Crippen molar-refractivity contribution < 1.29 is 14.4 Å². The van der Waals surface area contributed by atoms with Crippen LogP contribution in [-0.2, 0) is 9.47 Å². The molecule has 3 nitrogen and oxygen atoms in total. The summed E-state index contributed by atoms with van der Waals surface area (Å²) >= 11 is 0. The van der Waals surface area contributed by atoms with Crippen molar-refractivity contribution in [2.75, 3.05) is 20.6 Å². The fraction of sp³-hybridized carbons (Fsp3) is 1.00. The van der Waals surface area contributed by atoms with Gasteiger partial charge in [-0.25, -0.2) is 0 Å². The molecule has 16 heavy (non-hydrogen) atoms. The molecule has 1 fully saturated rings. The van der Waals surface area contributed by atoms with Gasteiger partial charge in [0.25, 0.3) is 0 Å². The summed E-state index contributed by atoms with van der Waals surface area (Å²) in [6.07, 6.45) is 1.15. The molecule has 0 aromatic heterocycles. The molecule has 3 heteroatoms. The van der Waals surface area contributed by atoms with Crippen LogP contribution in [0.2, 0.25) is 0 Å². The Kier molecular flexibility index (Phi) is 4.04. The Morgan fingerprint density at radius 2 is 1.88 bits per heavy atom. The molecule has 0 aromatic carbocycles. The Hall–Kier alpha value is -0.120. The Labute approximate surface area is 100 Å². The van der Waals surface area contributed by atoms with E-state index in [1.54, 1.807) is 0 Å². The molecule has 0 aliphatic carbocycles. The van der Waals surface area contributed by atoms with Gasteiger partial charge in [0.05, 0.1) is 37.8 Å². The van der Waals surface area contributed by atoms with Gasteiger partial charge in [0.15, 0.2) is 6.29 Å². The maximum atomic E-state index is 6.07. The highest BCUT2D eigenvalue weighted by Gasteiger charge is 2.42. The van der Waals surface area contributed by atoms with E-state index in [-0.39, 0.29) is 23.4 Å². The lowest BCUT2D eigenvalue weighted by molar-refractivity contribution is -0.866. The van der Waals surface area contributed by atoms with Crippen LogP contribution in [0.25, 0.3) is 0 Å². The minimum absolute atomic E-state index is 0.0464. The molecule has 96 valence electrons. The van der Waals surface area contributed by atoms with Crippen molar-refractivity contribution in [3.05, 3.63) is 0 Å². The number of hydrogen-bond donors (Lipinski definition) is 1. The van der Waals surface area contributed by atoms with Crippen molar-refractivity contribution in [2.45, 2.75) is 59.0 Å². The molecule has 2 atom stereocenters. The normalized spacial score (nSPS) is 30.8. The molecule has 0 radical (unpaired) electrons. The highest BCUT2D eigenvalue weighted by molar-refractivity contribution is 4.83. The molecule has 1 aliphatic heterocycles. The first-order valence-electron chi connectivity index (χ1n) is 6.25. The van der Waals surface area contributed by atoms with Gasteiger partial charge in [0.1, 0.15) is 0 Å². The van der Waals surface area contributed by atoms with Gasteiger partial charge in [0, 0.05) is 6.42 Å². The Balaban J connectivity index is 2.71. The predicted octanol–water partition coefficient (Wildman–Crippen LogP) is 1.09. The van der Waals surface area contributed by atoms with E-state index in [4.69, 9.17) is 9.47 Å². The molecular formula is C13H28NO2+. The average Bonchev–Trinajstić information content (AvgIpc) is 1.96. The fourth-order valence-electron chi connectivity index (χ4n) is 2.66. The number of hydrogen-bond acceptors (Lipinski definition) is 2. The van der Waals surface area contributed by atoms with E-state index in [9.17, 15) is 0 Å². The van der Waals surface area contributed by atoms with Gasteiger partial charge in [-0.05, 0) is 34.6 Å². The van der Waals surface area contributed by atoms with Crippen molar-refractivity contribution in [3.63, 3.8) is 0 Å². The lowest BCUT2D eigenvalue weighted by Gasteiger charge is -2.45. The number of quaternary nitrogens is 1. The smallest absolute Gasteiger partial charge is 0.169 e. The molecule has 1 N–H and O–H groups in total. The topological polar surface area (TPSA) is 22.9 Å². The summed E-state index contributed by atoms with van der Waals surface area (Å²) in [4.78, 5) is 1.42. The lowest BCUT2D eigenvalue weighted by atomic mass is 9.89. The number of rotatable bonds is 3. The van der Waals surface area contributed by atoms with E-state index in [1.165, 1.54) is 4.90 Å². The third-order valence-corrected chi connectivity index (χ3v) is 3.01. The second-order valence-electron chi connectivity index (χ2n) is 6.73. The SMILES string of the molecule is C[C@@H]1CC(C)(C)O[C@H](C(C)(C)C[NH+](C)C)O1. The zero-order chi connectivity index (χ0) is 12.6. The van der Waals surface area contributed by atoms with E-state index < -0.39 is 0 Å². The van der Waals surface area contributed by atoms with Crippen LogP contribution >= 0.6 is 0 Å². The maximum absolute atomic E-state index is 6.07. The van der Waals surface area contributed by atoms with E-state index in [1.807, 2.05) is 0 Å². The molecule has 0 amide bonds. The van der Waals surface area contributed by atoms with Crippen molar-refractivity contribution in [1.82, 2.24) is 0 Å². The first-order valence-corrected chi connectivity index (χ1v) is 6.25. The summed E-state index contributed by atoms with van der Waals surface area (Å²) in [5, 5.41) is 0. The minimum Gasteiger partial charge on any atom is -0.349 e. The summed E-state index contributed by atoms with van der Waals surface area (Å²) in [6, 6.07) is 0. The van der Waals surface area contributed by atoms with Crippen LogP contribution in [0.3, 0.4) is 0 Å². The molecule has 1 rings (SSSR count). The molecular weight excluding hydrogens is 202 g/mol. The standard InChI is InChI=1S/C13H27NO2/c1-10-8-13(4,5)16-11(15-10)12(2,3)9-14(6)7/h10-11H,8-9H2,1-7H3/p+1/t10-,11-/m1/s1. The lowest BCUT2D eigenvalue weighted by Crippen LogP contribution is -3.07. The Morgan fingerprint density at radius 1 is 1.31 bits per heavy atom. The second kappa shape index (κ2) is 4.63. The van der Waals surface area contributed by atoms with Gasteiger partial charge in [-0.15, -0.1) is 0 Å². The Morgan fingerprint density at radius 3 is 2.31 bits per heavy atom. The van der Waals surface area contributed by atoms with Crippen molar-refractivity contribution in [3.8, 4) is 0 Å². The number of nitrogens with one attached hydrogen (secondary N) is 1. The molecule has 0 aromatic rings. The summed E-state index contributed by atoms with van der Waals surface area (Å²) in [6.45, 7) is 11.9. The molecule has 0 spiro atoms. The monoisotopic (exact) mass is 230 g/mol. The summed E-state index contributed by atoms with van der Waals surface area (Å²) < 4.78 is 12.0. The van der Waals surface area contributed by atoms with Gasteiger partial charge < -0.3 is 14.4 Å². The quantitative estimate of drug-likeness (QED) is 0.784. The molecule has 0 saturated carbocycles. The van der Waals surface area contributed by atoms with Crippen LogP contribution in [0.15, 0.2) is 0 Å². The summed E-state index contributed by atoms with van der Waals surface area (Å²) in [5.41, 5.74) is -0.0218. The van der Waals surface area contributed by atoms with E-state index in [0.29, 0.717) is 0 Å². The molecule has 1 heterocycles. The highest BCUT2D eigenvalue weighted by Crippen LogP contribution is 2.35. The highest BCUT2D eigenvalue weighted by atomic mass is 16.7. The van der Waals surface area contributed by atoms with E-state index >= 15 is 0 Å². The molecule has 0 bridgehead atoms. The van der Waals surface area contributed by atoms with Crippen LogP contribution < -0.4 is 4.90 Å². The van der Waals surface area contributed by atoms with Crippen molar-refractivity contribution in [1.29, 1.82) is 0 Å². The van der Waals surface area contributed by atoms with Crippen LogP contribution in [0.5, 0.6) is 0 Å². The third kappa shape index (κ3) is 3.72. The predicted molar refractivity (Wildman–Crippen MR) is 65.6 cm³/mol. The van der Waals surface area contributed by atoms with Crippen LogP contribution in [-0.4, -0.2) is 38.6 Å². The van der Waals surface area contributed by atoms with Crippen molar-refractivity contribution in [2.24, 2.45) is 5.41 Å². The van der Waals surface area contributed by atoms with Crippen LogP contribution in [0.1, 0.15) is 41.0 Å².